The van der Waals surface area contributed by atoms with Crippen LogP contribution in [0, 0.1) is 16.7 Å². The molecule has 0 radical (unpaired) electrons. The first kappa shape index (κ1) is 25.6. The predicted octanol–water partition coefficient (Wildman–Crippen LogP) is 4.32. The SMILES string of the molecule is CC1C(CCCCCCCN)(C(=O)O)C=CCC1(CCCCCCCN)C(=O)O. The van der Waals surface area contributed by atoms with Gasteiger partial charge in [0.1, 0.15) is 0 Å². The molecule has 0 saturated heterocycles. The quantitative estimate of drug-likeness (QED) is 0.222. The van der Waals surface area contributed by atoms with E-state index in [2.05, 4.69) is 0 Å². The molecule has 0 aromatic rings. The summed E-state index contributed by atoms with van der Waals surface area (Å²) in [5.74, 6) is -2.19. The zero-order valence-electron chi connectivity index (χ0n) is 18.2. The summed E-state index contributed by atoms with van der Waals surface area (Å²) >= 11 is 0. The first-order chi connectivity index (χ1) is 13.9. The van der Waals surface area contributed by atoms with Gasteiger partial charge in [-0.05, 0) is 51.1 Å². The molecule has 0 amide bonds. The van der Waals surface area contributed by atoms with E-state index in [4.69, 9.17) is 11.5 Å². The number of allylic oxidation sites excluding steroid dienone is 1. The largest absolute Gasteiger partial charge is 0.481 e. The van der Waals surface area contributed by atoms with Crippen LogP contribution in [0.5, 0.6) is 0 Å². The first-order valence-corrected chi connectivity index (χ1v) is 11.4. The Hall–Kier alpha value is -1.40. The van der Waals surface area contributed by atoms with Crippen molar-refractivity contribution in [2.45, 2.75) is 90.4 Å². The molecule has 29 heavy (non-hydrogen) atoms. The second-order valence-electron chi connectivity index (χ2n) is 8.75. The normalized spacial score (nSPS) is 26.5. The van der Waals surface area contributed by atoms with Crippen LogP contribution in [0.15, 0.2) is 12.2 Å². The highest BCUT2D eigenvalue weighted by Gasteiger charge is 2.56. The summed E-state index contributed by atoms with van der Waals surface area (Å²) in [7, 11) is 0. The van der Waals surface area contributed by atoms with Crippen molar-refractivity contribution in [1.29, 1.82) is 0 Å². The zero-order valence-corrected chi connectivity index (χ0v) is 18.2. The third-order valence-electron chi connectivity index (χ3n) is 6.94. The molecule has 6 heteroatoms. The number of carbonyl (C=O) groups is 2. The molecule has 1 aliphatic carbocycles. The van der Waals surface area contributed by atoms with Gasteiger partial charge in [0.2, 0.25) is 0 Å². The maximum absolute atomic E-state index is 12.4. The van der Waals surface area contributed by atoms with Crippen LogP contribution in [-0.2, 0) is 9.59 Å². The average Bonchev–Trinajstić information content (AvgIpc) is 2.69. The summed E-state index contributed by atoms with van der Waals surface area (Å²) < 4.78 is 0. The van der Waals surface area contributed by atoms with Gasteiger partial charge in [0.15, 0.2) is 0 Å². The third-order valence-corrected chi connectivity index (χ3v) is 6.94. The van der Waals surface area contributed by atoms with Crippen LogP contribution in [0.1, 0.15) is 90.4 Å². The average molecular weight is 411 g/mol. The van der Waals surface area contributed by atoms with Gasteiger partial charge in [-0.15, -0.1) is 0 Å². The van der Waals surface area contributed by atoms with E-state index < -0.39 is 28.7 Å². The van der Waals surface area contributed by atoms with Gasteiger partial charge in [0, 0.05) is 0 Å². The Labute approximate surface area is 176 Å². The van der Waals surface area contributed by atoms with Gasteiger partial charge in [-0.3, -0.25) is 9.59 Å². The molecule has 0 spiro atoms. The molecule has 0 aromatic heterocycles. The fourth-order valence-electron chi connectivity index (χ4n) is 4.86. The van der Waals surface area contributed by atoms with Crippen LogP contribution < -0.4 is 11.5 Å². The predicted molar refractivity (Wildman–Crippen MR) is 117 cm³/mol. The van der Waals surface area contributed by atoms with Crippen molar-refractivity contribution < 1.29 is 19.8 Å². The van der Waals surface area contributed by atoms with Crippen molar-refractivity contribution in [3.63, 3.8) is 0 Å². The van der Waals surface area contributed by atoms with Gasteiger partial charge < -0.3 is 21.7 Å². The molecular formula is C23H42N2O4. The van der Waals surface area contributed by atoms with Crippen LogP contribution in [0.4, 0.5) is 0 Å². The minimum Gasteiger partial charge on any atom is -0.481 e. The molecule has 1 aliphatic rings. The summed E-state index contributed by atoms with van der Waals surface area (Å²) in [4.78, 5) is 24.7. The Balaban J connectivity index is 2.82. The van der Waals surface area contributed by atoms with E-state index >= 15 is 0 Å². The molecule has 3 atom stereocenters. The number of aliphatic carboxylic acids is 2. The fourth-order valence-corrected chi connectivity index (χ4v) is 4.86. The Morgan fingerprint density at radius 2 is 1.31 bits per heavy atom. The van der Waals surface area contributed by atoms with Gasteiger partial charge in [-0.1, -0.05) is 70.4 Å². The smallest absolute Gasteiger partial charge is 0.313 e. The van der Waals surface area contributed by atoms with Crippen LogP contribution in [0.2, 0.25) is 0 Å². The Bertz CT molecular complexity index is 537. The number of hydrogen-bond acceptors (Lipinski definition) is 4. The number of unbranched alkanes of at least 4 members (excludes halogenated alkanes) is 8. The molecule has 0 aliphatic heterocycles. The summed E-state index contributed by atoms with van der Waals surface area (Å²) in [5, 5.41) is 20.2. The summed E-state index contributed by atoms with van der Waals surface area (Å²) in [6, 6.07) is 0. The Kier molecular flexibility index (Phi) is 11.5. The standard InChI is InChI=1S/C23H42N2O4/c1-19-22(20(26)27,13-8-4-2-6-10-17-24)15-12-16-23(19,21(28)29)14-9-5-3-7-11-18-25/h12,15,19H,2-11,13-14,16-18,24-25H2,1H3,(H,26,27)(H,28,29). The van der Waals surface area contributed by atoms with E-state index in [1.807, 2.05) is 13.0 Å². The summed E-state index contributed by atoms with van der Waals surface area (Å²) in [5.41, 5.74) is 8.96. The van der Waals surface area contributed by atoms with Crippen molar-refractivity contribution in [2.24, 2.45) is 28.2 Å². The van der Waals surface area contributed by atoms with E-state index in [-0.39, 0.29) is 0 Å². The van der Waals surface area contributed by atoms with Gasteiger partial charge >= 0.3 is 11.9 Å². The number of carboxylic acids is 2. The minimum absolute atomic E-state index is 0.415. The third kappa shape index (κ3) is 6.82. The van der Waals surface area contributed by atoms with Gasteiger partial charge in [-0.2, -0.15) is 0 Å². The number of nitrogens with two attached hydrogens (primary N) is 2. The Morgan fingerprint density at radius 1 is 0.828 bits per heavy atom. The lowest BCUT2D eigenvalue weighted by molar-refractivity contribution is -0.164. The van der Waals surface area contributed by atoms with E-state index in [9.17, 15) is 19.8 Å². The highest BCUT2D eigenvalue weighted by molar-refractivity contribution is 5.82. The molecule has 1 rings (SSSR count). The molecule has 0 heterocycles. The number of rotatable bonds is 16. The van der Waals surface area contributed by atoms with E-state index in [0.717, 1.165) is 64.2 Å². The molecule has 0 saturated carbocycles. The molecule has 6 N–H and O–H groups in total. The van der Waals surface area contributed by atoms with E-state index in [0.29, 0.717) is 32.4 Å². The molecule has 168 valence electrons. The second kappa shape index (κ2) is 13.0. The lowest BCUT2D eigenvalue weighted by Gasteiger charge is -2.46. The van der Waals surface area contributed by atoms with Crippen molar-refractivity contribution >= 4 is 11.9 Å². The zero-order chi connectivity index (χ0) is 21.8. The maximum atomic E-state index is 12.4. The highest BCUT2D eigenvalue weighted by Crippen LogP contribution is 2.53. The monoisotopic (exact) mass is 410 g/mol. The van der Waals surface area contributed by atoms with Crippen molar-refractivity contribution in [3.8, 4) is 0 Å². The first-order valence-electron chi connectivity index (χ1n) is 11.4. The maximum Gasteiger partial charge on any atom is 0.313 e. The second-order valence-corrected chi connectivity index (χ2v) is 8.75. The molecule has 0 aromatic carbocycles. The number of carboxylic acid groups (broad SMARTS) is 2. The van der Waals surface area contributed by atoms with Crippen molar-refractivity contribution in [3.05, 3.63) is 12.2 Å². The van der Waals surface area contributed by atoms with Crippen molar-refractivity contribution in [1.82, 2.24) is 0 Å². The fraction of sp³-hybridized carbons (Fsp3) is 0.826. The van der Waals surface area contributed by atoms with Gasteiger partial charge in [-0.25, -0.2) is 0 Å². The molecular weight excluding hydrogens is 368 g/mol. The molecule has 3 unspecified atom stereocenters. The van der Waals surface area contributed by atoms with Crippen LogP contribution in [-0.4, -0.2) is 35.2 Å². The van der Waals surface area contributed by atoms with Crippen LogP contribution >= 0.6 is 0 Å². The minimum atomic E-state index is -1.09. The molecule has 6 nitrogen and oxygen atoms in total. The highest BCUT2D eigenvalue weighted by atomic mass is 16.4. The lowest BCUT2D eigenvalue weighted by atomic mass is 9.55. The topological polar surface area (TPSA) is 127 Å². The lowest BCUT2D eigenvalue weighted by Crippen LogP contribution is -2.51. The van der Waals surface area contributed by atoms with Crippen LogP contribution in [0.3, 0.4) is 0 Å². The van der Waals surface area contributed by atoms with E-state index in [1.165, 1.54) is 0 Å². The molecule has 0 fully saturated rings. The van der Waals surface area contributed by atoms with Gasteiger partial charge in [0.25, 0.3) is 0 Å². The van der Waals surface area contributed by atoms with Gasteiger partial charge in [0.05, 0.1) is 10.8 Å². The van der Waals surface area contributed by atoms with Crippen molar-refractivity contribution in [2.75, 3.05) is 13.1 Å². The summed E-state index contributed by atoms with van der Waals surface area (Å²) in [6.45, 7) is 3.22. The Morgan fingerprint density at radius 3 is 1.79 bits per heavy atom. The summed E-state index contributed by atoms with van der Waals surface area (Å²) in [6.07, 6.45) is 14.8. The number of hydrogen-bond donors (Lipinski definition) is 4. The van der Waals surface area contributed by atoms with Crippen LogP contribution in [0.25, 0.3) is 0 Å². The van der Waals surface area contributed by atoms with E-state index in [1.54, 1.807) is 6.08 Å². The molecule has 0 bridgehead atoms.